The highest BCUT2D eigenvalue weighted by atomic mass is 35.5. The first-order valence-electron chi connectivity index (χ1n) is 9.85. The molecular formula is C21H25ClFN5. The normalized spacial score (nSPS) is 17.9. The Labute approximate surface area is 169 Å². The number of hydrogen-bond donors (Lipinski definition) is 2. The summed E-state index contributed by atoms with van der Waals surface area (Å²) >= 11 is 5.83. The van der Waals surface area contributed by atoms with Crippen LogP contribution < -0.4 is 5.32 Å². The van der Waals surface area contributed by atoms with Gasteiger partial charge >= 0.3 is 0 Å². The van der Waals surface area contributed by atoms with Crippen LogP contribution in [0.5, 0.6) is 0 Å². The molecule has 5 nitrogen and oxygen atoms in total. The van der Waals surface area contributed by atoms with Gasteiger partial charge < -0.3 is 15.2 Å². The van der Waals surface area contributed by atoms with Crippen molar-refractivity contribution in [3.63, 3.8) is 0 Å². The molecule has 2 aromatic heterocycles. The van der Waals surface area contributed by atoms with E-state index < -0.39 is 5.82 Å². The van der Waals surface area contributed by atoms with E-state index in [1.807, 2.05) is 12.1 Å². The summed E-state index contributed by atoms with van der Waals surface area (Å²) in [7, 11) is 2.23. The van der Waals surface area contributed by atoms with Crippen molar-refractivity contribution >= 4 is 28.5 Å². The van der Waals surface area contributed by atoms with E-state index in [-0.39, 0.29) is 5.02 Å². The third kappa shape index (κ3) is 4.28. The van der Waals surface area contributed by atoms with Crippen LogP contribution in [0.3, 0.4) is 0 Å². The number of fused-ring (bicyclic) bond motifs is 1. The lowest BCUT2D eigenvalue weighted by atomic mass is 9.99. The number of likely N-dealkylation sites (tertiary alicyclic amines) is 1. The molecule has 2 N–H and O–H groups in total. The molecule has 0 amide bonds. The second-order valence-corrected chi connectivity index (χ2v) is 7.91. The highest BCUT2D eigenvalue weighted by molar-refractivity contribution is 6.31. The van der Waals surface area contributed by atoms with Gasteiger partial charge in [-0.25, -0.2) is 14.4 Å². The van der Waals surface area contributed by atoms with E-state index in [0.29, 0.717) is 16.9 Å². The monoisotopic (exact) mass is 401 g/mol. The predicted octanol–water partition coefficient (Wildman–Crippen LogP) is 5.09. The number of aromatic amines is 1. The second-order valence-electron chi connectivity index (χ2n) is 7.50. The minimum absolute atomic E-state index is 0.0719. The molecule has 1 unspecified atom stereocenters. The van der Waals surface area contributed by atoms with E-state index in [0.717, 1.165) is 30.4 Å². The minimum atomic E-state index is -0.457. The van der Waals surface area contributed by atoms with Crippen LogP contribution in [0.1, 0.15) is 32.1 Å². The van der Waals surface area contributed by atoms with E-state index in [1.165, 1.54) is 44.4 Å². The van der Waals surface area contributed by atoms with E-state index in [1.54, 1.807) is 6.20 Å². The van der Waals surface area contributed by atoms with Crippen molar-refractivity contribution in [3.8, 4) is 11.4 Å². The zero-order valence-electron chi connectivity index (χ0n) is 16.0. The molecule has 1 aliphatic heterocycles. The van der Waals surface area contributed by atoms with Gasteiger partial charge in [-0.3, -0.25) is 0 Å². The van der Waals surface area contributed by atoms with Crippen LogP contribution in [0.25, 0.3) is 22.4 Å². The molecule has 4 rings (SSSR count). The lowest BCUT2D eigenvalue weighted by molar-refractivity contribution is 0.175. The molecule has 1 fully saturated rings. The van der Waals surface area contributed by atoms with Gasteiger partial charge in [0.15, 0.2) is 0 Å². The summed E-state index contributed by atoms with van der Waals surface area (Å²) in [6.45, 7) is 2.14. The summed E-state index contributed by atoms with van der Waals surface area (Å²) in [4.78, 5) is 14.6. The first-order valence-corrected chi connectivity index (χ1v) is 10.2. The Bertz CT molecular complexity index is 901. The Morgan fingerprint density at radius 1 is 1.32 bits per heavy atom. The number of nitrogens with zero attached hydrogens (tertiary/aromatic N) is 3. The average Bonchev–Trinajstić information content (AvgIpc) is 3.10. The number of hydrogen-bond acceptors (Lipinski definition) is 4. The van der Waals surface area contributed by atoms with Gasteiger partial charge in [0.2, 0.25) is 0 Å². The first-order chi connectivity index (χ1) is 13.6. The number of anilines is 1. The number of H-pyrrole nitrogens is 1. The number of imidazole rings is 1. The highest BCUT2D eigenvalue weighted by Gasteiger charge is 2.17. The summed E-state index contributed by atoms with van der Waals surface area (Å²) in [6.07, 6.45) is 8.12. The number of pyridine rings is 1. The van der Waals surface area contributed by atoms with Crippen molar-refractivity contribution in [3.05, 3.63) is 41.3 Å². The molecule has 1 saturated heterocycles. The Hall–Kier alpha value is -2.18. The summed E-state index contributed by atoms with van der Waals surface area (Å²) in [5, 5.41) is 3.46. The second kappa shape index (κ2) is 8.45. The smallest absolute Gasteiger partial charge is 0.144 e. The van der Waals surface area contributed by atoms with E-state index in [9.17, 15) is 4.39 Å². The van der Waals surface area contributed by atoms with Crippen LogP contribution in [-0.2, 0) is 0 Å². The number of halogens is 2. The van der Waals surface area contributed by atoms with Crippen LogP contribution in [0.15, 0.2) is 30.5 Å². The Kier molecular flexibility index (Phi) is 5.78. The lowest BCUT2D eigenvalue weighted by Gasteiger charge is -2.32. The maximum absolute atomic E-state index is 13.6. The number of benzene rings is 1. The zero-order chi connectivity index (χ0) is 19.5. The molecular weight excluding hydrogens is 377 g/mol. The molecule has 3 heterocycles. The van der Waals surface area contributed by atoms with Gasteiger partial charge in [0.05, 0.1) is 16.1 Å². The molecule has 0 spiro atoms. The minimum Gasteiger partial charge on any atom is -0.370 e. The maximum atomic E-state index is 13.6. The summed E-state index contributed by atoms with van der Waals surface area (Å²) in [6, 6.07) is 7.51. The standard InChI is InChI=1S/C21H25ClFN5/c1-28-10-3-2-5-15(28)6-4-9-24-20-8-7-14(13-25-20)21-26-18-11-16(22)17(23)12-19(18)27-21/h7-8,11-13,15H,2-6,9-10H2,1H3,(H,24,25)(H,26,27). The molecule has 0 aliphatic carbocycles. The van der Waals surface area contributed by atoms with Crippen LogP contribution >= 0.6 is 11.6 Å². The first kappa shape index (κ1) is 19.2. The van der Waals surface area contributed by atoms with E-state index >= 15 is 0 Å². The third-order valence-corrected chi connectivity index (χ3v) is 5.79. The molecule has 0 saturated carbocycles. The molecule has 7 heteroatoms. The topological polar surface area (TPSA) is 56.8 Å². The number of piperidine rings is 1. The molecule has 148 valence electrons. The number of rotatable bonds is 6. The Morgan fingerprint density at radius 3 is 3.00 bits per heavy atom. The fraction of sp³-hybridized carbons (Fsp3) is 0.429. The fourth-order valence-electron chi connectivity index (χ4n) is 3.84. The third-order valence-electron chi connectivity index (χ3n) is 5.50. The van der Waals surface area contributed by atoms with Gasteiger partial charge in [0.1, 0.15) is 17.5 Å². The van der Waals surface area contributed by atoms with Crippen LogP contribution in [0.4, 0.5) is 10.2 Å². The Morgan fingerprint density at radius 2 is 2.21 bits per heavy atom. The fourth-order valence-corrected chi connectivity index (χ4v) is 4.00. The molecule has 0 radical (unpaired) electrons. The molecule has 0 bridgehead atoms. The molecule has 1 atom stereocenters. The zero-order valence-corrected chi connectivity index (χ0v) is 16.8. The molecule has 3 aromatic rings. The largest absolute Gasteiger partial charge is 0.370 e. The summed E-state index contributed by atoms with van der Waals surface area (Å²) < 4.78 is 13.6. The number of nitrogens with one attached hydrogen (secondary N) is 2. The SMILES string of the molecule is CN1CCCCC1CCCNc1ccc(-c2nc3cc(Cl)c(F)cc3[nH]2)cn1. The highest BCUT2D eigenvalue weighted by Crippen LogP contribution is 2.25. The predicted molar refractivity (Wildman–Crippen MR) is 112 cm³/mol. The van der Waals surface area contributed by atoms with E-state index in [4.69, 9.17) is 11.6 Å². The van der Waals surface area contributed by atoms with Crippen molar-refractivity contribution in [1.29, 1.82) is 0 Å². The van der Waals surface area contributed by atoms with Crippen LogP contribution in [0, 0.1) is 5.82 Å². The van der Waals surface area contributed by atoms with Crippen molar-refractivity contribution < 1.29 is 4.39 Å². The van der Waals surface area contributed by atoms with Gasteiger partial charge in [-0.1, -0.05) is 18.0 Å². The van der Waals surface area contributed by atoms with Gasteiger partial charge in [0.25, 0.3) is 0 Å². The summed E-state index contributed by atoms with van der Waals surface area (Å²) in [5.74, 6) is 1.04. The molecule has 28 heavy (non-hydrogen) atoms. The quantitative estimate of drug-likeness (QED) is 0.564. The molecule has 1 aliphatic rings. The van der Waals surface area contributed by atoms with Crippen molar-refractivity contribution in [2.45, 2.75) is 38.1 Å². The number of aromatic nitrogens is 3. The van der Waals surface area contributed by atoms with Crippen molar-refractivity contribution in [2.24, 2.45) is 0 Å². The van der Waals surface area contributed by atoms with Gasteiger partial charge in [-0.05, 0) is 57.5 Å². The summed E-state index contributed by atoms with van der Waals surface area (Å²) in [5.41, 5.74) is 2.10. The van der Waals surface area contributed by atoms with Crippen molar-refractivity contribution in [1.82, 2.24) is 19.9 Å². The lowest BCUT2D eigenvalue weighted by Crippen LogP contribution is -2.36. The average molecular weight is 402 g/mol. The van der Waals surface area contributed by atoms with Gasteiger partial charge in [0, 0.05) is 30.4 Å². The Balaban J connectivity index is 1.33. The van der Waals surface area contributed by atoms with Gasteiger partial charge in [-0.2, -0.15) is 0 Å². The van der Waals surface area contributed by atoms with Gasteiger partial charge in [-0.15, -0.1) is 0 Å². The molecule has 1 aromatic carbocycles. The maximum Gasteiger partial charge on any atom is 0.144 e. The van der Waals surface area contributed by atoms with Crippen LogP contribution in [0.2, 0.25) is 5.02 Å². The van der Waals surface area contributed by atoms with E-state index in [2.05, 4.69) is 32.2 Å². The van der Waals surface area contributed by atoms with Crippen LogP contribution in [-0.4, -0.2) is 46.0 Å². The van der Waals surface area contributed by atoms with Crippen molar-refractivity contribution in [2.75, 3.05) is 25.5 Å².